The van der Waals surface area contributed by atoms with E-state index in [9.17, 15) is 9.18 Å². The molecule has 2 N–H and O–H groups in total. The molecule has 1 aromatic rings. The average molecular weight is 183 g/mol. The molecule has 70 valence electrons. The van der Waals surface area contributed by atoms with Crippen molar-refractivity contribution in [3.8, 4) is 5.75 Å². The zero-order valence-corrected chi connectivity index (χ0v) is 7.00. The van der Waals surface area contributed by atoms with Crippen molar-refractivity contribution in [1.29, 1.82) is 0 Å². The van der Waals surface area contributed by atoms with Gasteiger partial charge in [-0.2, -0.15) is 0 Å². The molecule has 0 aliphatic rings. The van der Waals surface area contributed by atoms with Crippen LogP contribution in [0.15, 0.2) is 24.3 Å². The van der Waals surface area contributed by atoms with Crippen molar-refractivity contribution in [2.45, 2.75) is 6.42 Å². The maximum Gasteiger partial charge on any atom is 0.220 e. The van der Waals surface area contributed by atoms with Gasteiger partial charge < -0.3 is 10.5 Å². The number of carbonyl (C=O) groups excluding carboxylic acids is 1. The van der Waals surface area contributed by atoms with E-state index in [4.69, 9.17) is 10.5 Å². The minimum Gasteiger partial charge on any atom is -0.493 e. The molecule has 0 atom stereocenters. The molecule has 4 heteroatoms. The van der Waals surface area contributed by atoms with Gasteiger partial charge in [-0.15, -0.1) is 0 Å². The van der Waals surface area contributed by atoms with Gasteiger partial charge in [0.25, 0.3) is 0 Å². The lowest BCUT2D eigenvalue weighted by molar-refractivity contribution is -0.118. The summed E-state index contributed by atoms with van der Waals surface area (Å²) in [4.78, 5) is 10.3. The molecular weight excluding hydrogens is 173 g/mol. The summed E-state index contributed by atoms with van der Waals surface area (Å²) in [5, 5.41) is 0. The summed E-state index contributed by atoms with van der Waals surface area (Å²) in [6.45, 7) is 0.179. The van der Waals surface area contributed by atoms with E-state index in [1.165, 1.54) is 18.2 Å². The second-order valence-corrected chi connectivity index (χ2v) is 2.52. The van der Waals surface area contributed by atoms with Gasteiger partial charge >= 0.3 is 0 Å². The number of ether oxygens (including phenoxy) is 1. The molecule has 0 saturated carbocycles. The van der Waals surface area contributed by atoms with Crippen LogP contribution in [0.4, 0.5) is 4.39 Å². The number of primary amides is 1. The predicted molar refractivity (Wildman–Crippen MR) is 45.7 cm³/mol. The summed E-state index contributed by atoms with van der Waals surface area (Å²) in [6.07, 6.45) is 0.135. The lowest BCUT2D eigenvalue weighted by Crippen LogP contribution is -2.14. The standard InChI is InChI=1S/C9H10FNO2/c10-7-2-1-3-8(6-7)13-5-4-9(11)12/h1-3,6H,4-5H2,(H2,11,12). The predicted octanol–water partition coefficient (Wildman–Crippen LogP) is 1.08. The topological polar surface area (TPSA) is 52.3 Å². The monoisotopic (exact) mass is 183 g/mol. The third-order valence-corrected chi connectivity index (χ3v) is 1.41. The molecule has 0 fully saturated rings. The van der Waals surface area contributed by atoms with E-state index in [1.807, 2.05) is 0 Å². The summed E-state index contributed by atoms with van der Waals surface area (Å²) in [6, 6.07) is 5.72. The summed E-state index contributed by atoms with van der Waals surface area (Å²) >= 11 is 0. The van der Waals surface area contributed by atoms with Crippen molar-refractivity contribution in [3.05, 3.63) is 30.1 Å². The Labute approximate surface area is 75.3 Å². The minimum atomic E-state index is -0.434. The van der Waals surface area contributed by atoms with Gasteiger partial charge in [0.05, 0.1) is 13.0 Å². The van der Waals surface area contributed by atoms with Crippen molar-refractivity contribution in [1.82, 2.24) is 0 Å². The van der Waals surface area contributed by atoms with Crippen LogP contribution in [0, 0.1) is 5.82 Å². The third-order valence-electron chi connectivity index (χ3n) is 1.41. The molecule has 13 heavy (non-hydrogen) atoms. The molecule has 0 aliphatic heterocycles. The van der Waals surface area contributed by atoms with Crippen molar-refractivity contribution in [3.63, 3.8) is 0 Å². The molecule has 1 aromatic carbocycles. The molecule has 0 aliphatic carbocycles. The van der Waals surface area contributed by atoms with Crippen LogP contribution in [0.3, 0.4) is 0 Å². The van der Waals surface area contributed by atoms with Crippen molar-refractivity contribution in [2.75, 3.05) is 6.61 Å². The van der Waals surface area contributed by atoms with Gasteiger partial charge in [-0.1, -0.05) is 6.07 Å². The van der Waals surface area contributed by atoms with Crippen LogP contribution in [0.5, 0.6) is 5.75 Å². The highest BCUT2D eigenvalue weighted by molar-refractivity contribution is 5.73. The van der Waals surface area contributed by atoms with Crippen LogP contribution >= 0.6 is 0 Å². The molecule has 0 heterocycles. The van der Waals surface area contributed by atoms with Gasteiger partial charge in [0, 0.05) is 6.07 Å². The highest BCUT2D eigenvalue weighted by atomic mass is 19.1. The molecule has 0 spiro atoms. The summed E-state index contributed by atoms with van der Waals surface area (Å²) in [5.74, 6) is -0.394. The second-order valence-electron chi connectivity index (χ2n) is 2.52. The lowest BCUT2D eigenvalue weighted by Gasteiger charge is -2.03. The Morgan fingerprint density at radius 1 is 1.54 bits per heavy atom. The molecule has 1 amide bonds. The Hall–Kier alpha value is -1.58. The van der Waals surface area contributed by atoms with E-state index in [0.29, 0.717) is 5.75 Å². The van der Waals surface area contributed by atoms with E-state index in [1.54, 1.807) is 6.07 Å². The number of rotatable bonds is 4. The fraction of sp³-hybridized carbons (Fsp3) is 0.222. The Balaban J connectivity index is 2.41. The fourth-order valence-electron chi connectivity index (χ4n) is 0.826. The van der Waals surface area contributed by atoms with Crippen LogP contribution in [-0.4, -0.2) is 12.5 Å². The number of amides is 1. The van der Waals surface area contributed by atoms with E-state index in [0.717, 1.165) is 0 Å². The van der Waals surface area contributed by atoms with E-state index >= 15 is 0 Å². The molecule has 3 nitrogen and oxygen atoms in total. The third kappa shape index (κ3) is 3.55. The van der Waals surface area contributed by atoms with Crippen LogP contribution in [0.2, 0.25) is 0 Å². The normalized spacial score (nSPS) is 9.62. The van der Waals surface area contributed by atoms with Crippen LogP contribution in [0.25, 0.3) is 0 Å². The molecule has 0 aromatic heterocycles. The number of carbonyl (C=O) groups is 1. The fourth-order valence-corrected chi connectivity index (χ4v) is 0.826. The first-order chi connectivity index (χ1) is 6.18. The second kappa shape index (κ2) is 4.45. The average Bonchev–Trinajstić information content (AvgIpc) is 2.03. The first-order valence-corrected chi connectivity index (χ1v) is 3.85. The number of halogens is 1. The van der Waals surface area contributed by atoms with Gasteiger partial charge in [0.1, 0.15) is 11.6 Å². The van der Waals surface area contributed by atoms with Crippen molar-refractivity contribution < 1.29 is 13.9 Å². The summed E-state index contributed by atoms with van der Waals surface area (Å²) in [7, 11) is 0. The molecule has 0 radical (unpaired) electrons. The molecule has 0 bridgehead atoms. The molecular formula is C9H10FNO2. The Kier molecular flexibility index (Phi) is 3.25. The highest BCUT2D eigenvalue weighted by Crippen LogP contribution is 2.11. The smallest absolute Gasteiger partial charge is 0.220 e. The molecule has 1 rings (SSSR count). The lowest BCUT2D eigenvalue weighted by atomic mass is 10.3. The zero-order chi connectivity index (χ0) is 9.68. The first-order valence-electron chi connectivity index (χ1n) is 3.85. The zero-order valence-electron chi connectivity index (χ0n) is 7.00. The minimum absolute atomic E-state index is 0.135. The number of hydrogen-bond donors (Lipinski definition) is 1. The Morgan fingerprint density at radius 3 is 2.92 bits per heavy atom. The SMILES string of the molecule is NC(=O)CCOc1cccc(F)c1. The summed E-state index contributed by atoms with van der Waals surface area (Å²) < 4.78 is 17.6. The van der Waals surface area contributed by atoms with Crippen molar-refractivity contribution >= 4 is 5.91 Å². The van der Waals surface area contributed by atoms with Gasteiger partial charge in [-0.25, -0.2) is 4.39 Å². The number of benzene rings is 1. The maximum absolute atomic E-state index is 12.6. The maximum atomic E-state index is 12.6. The van der Waals surface area contributed by atoms with Gasteiger partial charge in [-0.3, -0.25) is 4.79 Å². The molecule has 0 unspecified atom stereocenters. The highest BCUT2D eigenvalue weighted by Gasteiger charge is 1.97. The first kappa shape index (κ1) is 9.51. The quantitative estimate of drug-likeness (QED) is 0.759. The van der Waals surface area contributed by atoms with E-state index < -0.39 is 5.91 Å². The van der Waals surface area contributed by atoms with E-state index in [2.05, 4.69) is 0 Å². The van der Waals surface area contributed by atoms with Crippen LogP contribution in [0.1, 0.15) is 6.42 Å². The van der Waals surface area contributed by atoms with Gasteiger partial charge in [0.2, 0.25) is 5.91 Å². The Bertz CT molecular complexity index is 301. The van der Waals surface area contributed by atoms with E-state index in [-0.39, 0.29) is 18.8 Å². The van der Waals surface area contributed by atoms with Crippen LogP contribution in [-0.2, 0) is 4.79 Å². The Morgan fingerprint density at radius 2 is 2.31 bits per heavy atom. The van der Waals surface area contributed by atoms with Gasteiger partial charge in [0.15, 0.2) is 0 Å². The van der Waals surface area contributed by atoms with Gasteiger partial charge in [-0.05, 0) is 12.1 Å². The largest absolute Gasteiger partial charge is 0.493 e. The number of hydrogen-bond acceptors (Lipinski definition) is 2. The number of nitrogens with two attached hydrogens (primary N) is 1. The molecule has 0 saturated heterocycles. The van der Waals surface area contributed by atoms with Crippen LogP contribution < -0.4 is 10.5 Å². The summed E-state index contributed by atoms with van der Waals surface area (Å²) in [5.41, 5.74) is 4.89. The van der Waals surface area contributed by atoms with Crippen molar-refractivity contribution in [2.24, 2.45) is 5.73 Å².